The van der Waals surface area contributed by atoms with Gasteiger partial charge in [0.1, 0.15) is 17.8 Å². The predicted molar refractivity (Wildman–Crippen MR) is 234 cm³/mol. The smallest absolute Gasteiger partial charge is 0.458 e. The van der Waals surface area contributed by atoms with E-state index in [1.165, 1.54) is 0 Å². The van der Waals surface area contributed by atoms with Crippen molar-refractivity contribution < 1.29 is 67.2 Å². The predicted octanol–water partition coefficient (Wildman–Crippen LogP) is 4.37. The molecule has 0 unspecified atom stereocenters. The third kappa shape index (κ3) is 12.4. The highest BCUT2D eigenvalue weighted by Crippen LogP contribution is 2.42. The van der Waals surface area contributed by atoms with E-state index in [0.717, 1.165) is 13.1 Å². The Morgan fingerprint density at radius 1 is 0.937 bits per heavy atom. The Kier molecular flexibility index (Phi) is 18.7. The zero-order chi connectivity index (χ0) is 47.4. The second-order valence-corrected chi connectivity index (χ2v) is 19.8. The molecule has 4 fully saturated rings. The maximum Gasteiger partial charge on any atom is 0.509 e. The zero-order valence-corrected chi connectivity index (χ0v) is 41.2. The van der Waals surface area contributed by atoms with Gasteiger partial charge in [-0.1, -0.05) is 34.6 Å². The summed E-state index contributed by atoms with van der Waals surface area (Å²) in [5, 5.41) is 24.5. The normalized spacial score (nSPS) is 43.7. The number of hydrogen-bond donors (Lipinski definition) is 2. The molecule has 17 heteroatoms. The molecule has 0 saturated carbocycles. The van der Waals surface area contributed by atoms with Crippen LogP contribution in [0.25, 0.3) is 0 Å². The molecule has 18 atom stereocenters. The van der Waals surface area contributed by atoms with E-state index in [1.807, 2.05) is 81.4 Å². The maximum atomic E-state index is 14.7. The van der Waals surface area contributed by atoms with Gasteiger partial charge < -0.3 is 62.6 Å². The number of carbonyl (C=O) groups is 3. The van der Waals surface area contributed by atoms with E-state index in [4.69, 9.17) is 42.6 Å². The van der Waals surface area contributed by atoms with Crippen LogP contribution in [-0.4, -0.2) is 188 Å². The van der Waals surface area contributed by atoms with Gasteiger partial charge in [0.15, 0.2) is 30.4 Å². The van der Waals surface area contributed by atoms with Crippen LogP contribution in [0.5, 0.6) is 0 Å². The van der Waals surface area contributed by atoms with Crippen LogP contribution >= 0.6 is 0 Å². The number of methoxy groups -OCH3 is 1. The van der Waals surface area contributed by atoms with Gasteiger partial charge in [0.25, 0.3) is 0 Å². The van der Waals surface area contributed by atoms with E-state index in [1.54, 1.807) is 34.8 Å². The highest BCUT2D eigenvalue weighted by Gasteiger charge is 2.58. The summed E-state index contributed by atoms with van der Waals surface area (Å²) >= 11 is 0. The Bertz CT molecular complexity index is 1500. The number of esters is 2. The molecule has 17 nitrogen and oxygen atoms in total. The minimum Gasteiger partial charge on any atom is -0.458 e. The van der Waals surface area contributed by atoms with Crippen LogP contribution in [0.1, 0.15) is 115 Å². The second-order valence-electron chi connectivity index (χ2n) is 19.8. The van der Waals surface area contributed by atoms with Crippen LogP contribution in [0, 0.1) is 17.8 Å². The van der Waals surface area contributed by atoms with Gasteiger partial charge in [-0.05, 0) is 108 Å². The van der Waals surface area contributed by atoms with E-state index in [9.17, 15) is 24.6 Å². The molecular formula is C46H83N3O14. The molecule has 2 N–H and O–H groups in total. The molecular weight excluding hydrogens is 819 g/mol. The number of hydrogen-bond acceptors (Lipinski definition) is 17. The summed E-state index contributed by atoms with van der Waals surface area (Å²) in [6.45, 7) is 25.1. The zero-order valence-electron chi connectivity index (χ0n) is 41.2. The Balaban J connectivity index is 1.78. The molecule has 4 rings (SSSR count). The van der Waals surface area contributed by atoms with Gasteiger partial charge in [-0.25, -0.2) is 4.79 Å². The molecule has 4 heterocycles. The SMILES string of the molecule is CC[C@H]1OC(=O)[C@H](C)[C@@H](O[C@H]2C[C@@](C)(OC)[C@@H](OC(=O)CCN(CC)CC)[C@H](C)O2)[C@H](C)[C@@H](O[C@@H]2O[C@H](C)C[C@H](N(C)C)[C@H]2O)[C@](C)(O)C[C@@H](C)CN(C)[C@H](C)[C@H]2OC(=O)O[C@@]21C. The van der Waals surface area contributed by atoms with E-state index in [2.05, 4.69) is 9.80 Å². The first-order chi connectivity index (χ1) is 29.4. The lowest BCUT2D eigenvalue weighted by Gasteiger charge is -2.49. The third-order valence-corrected chi connectivity index (χ3v) is 14.4. The largest absolute Gasteiger partial charge is 0.509 e. The van der Waals surface area contributed by atoms with Gasteiger partial charge in [-0.15, -0.1) is 0 Å². The van der Waals surface area contributed by atoms with Crippen LogP contribution in [-0.2, 0) is 52.2 Å². The Labute approximate surface area is 377 Å². The topological polar surface area (TPSA) is 184 Å². The molecule has 4 aliphatic rings. The average Bonchev–Trinajstić information content (AvgIpc) is 3.52. The fourth-order valence-electron chi connectivity index (χ4n) is 10.5. The summed E-state index contributed by atoms with van der Waals surface area (Å²) in [5.41, 5.74) is -3.97. The molecule has 4 saturated heterocycles. The number of nitrogens with zero attached hydrogens (tertiary/aromatic N) is 3. The standard InChI is InChI=1S/C46H83N3O14/c1-17-33-46(12)39(62-43(53)63-46)30(8)48(15)25-26(4)23-44(10,54)38(61-42-36(51)32(47(13)14)22-27(5)56-42)28(6)37(29(7)41(52)58-33)60-35-24-45(11,55-16)40(31(9)57-35)59-34(50)20-21-49(18-2)19-3/h26-33,35-40,42,51,54H,17-25H2,1-16H3/t26-,27-,28+,29-,30-,31+,32+,33-,35+,36-,37+,38-,39-,40+,42+,44-,45-,46-/m1/s1. The fraction of sp³-hybridized carbons (Fsp3) is 0.935. The summed E-state index contributed by atoms with van der Waals surface area (Å²) in [6.07, 6.45) is -8.12. The van der Waals surface area contributed by atoms with Crippen LogP contribution in [0.3, 0.4) is 0 Å². The highest BCUT2D eigenvalue weighted by molar-refractivity contribution is 5.73. The van der Waals surface area contributed by atoms with Crippen LogP contribution in [0.15, 0.2) is 0 Å². The average molecular weight is 902 g/mol. The molecule has 4 aliphatic heterocycles. The van der Waals surface area contributed by atoms with E-state index >= 15 is 0 Å². The third-order valence-electron chi connectivity index (χ3n) is 14.4. The molecule has 0 aromatic carbocycles. The highest BCUT2D eigenvalue weighted by atomic mass is 16.8. The number of likely N-dealkylation sites (N-methyl/N-ethyl adjacent to an activating group) is 2. The maximum absolute atomic E-state index is 14.7. The van der Waals surface area contributed by atoms with Gasteiger partial charge >= 0.3 is 18.1 Å². The Morgan fingerprint density at radius 2 is 1.59 bits per heavy atom. The molecule has 0 aliphatic carbocycles. The van der Waals surface area contributed by atoms with Crippen molar-refractivity contribution in [2.24, 2.45) is 17.8 Å². The van der Waals surface area contributed by atoms with E-state index in [-0.39, 0.29) is 49.3 Å². The van der Waals surface area contributed by atoms with E-state index < -0.39 is 96.1 Å². The lowest BCUT2D eigenvalue weighted by Crippen LogP contribution is -2.61. The van der Waals surface area contributed by atoms with Gasteiger partial charge in [0.2, 0.25) is 0 Å². The number of aliphatic hydroxyl groups is 2. The lowest BCUT2D eigenvalue weighted by atomic mass is 9.77. The monoisotopic (exact) mass is 902 g/mol. The first-order valence-corrected chi connectivity index (χ1v) is 23.3. The molecule has 0 radical (unpaired) electrons. The molecule has 0 amide bonds. The number of cyclic esters (lactones) is 1. The van der Waals surface area contributed by atoms with Crippen LogP contribution in [0.4, 0.5) is 4.79 Å². The summed E-state index contributed by atoms with van der Waals surface area (Å²) in [5.74, 6) is -2.95. The Morgan fingerprint density at radius 3 is 2.17 bits per heavy atom. The number of rotatable bonds is 13. The van der Waals surface area contributed by atoms with Crippen molar-refractivity contribution in [1.29, 1.82) is 0 Å². The molecule has 63 heavy (non-hydrogen) atoms. The van der Waals surface area contributed by atoms with E-state index in [0.29, 0.717) is 25.9 Å². The van der Waals surface area contributed by atoms with Crippen molar-refractivity contribution in [3.05, 3.63) is 0 Å². The lowest BCUT2D eigenvalue weighted by molar-refractivity contribution is -0.318. The number of fused-ring (bicyclic) bond motifs is 1. The van der Waals surface area contributed by atoms with Crippen molar-refractivity contribution in [2.75, 3.05) is 54.4 Å². The fourth-order valence-corrected chi connectivity index (χ4v) is 10.5. The number of carbonyl (C=O) groups excluding carboxylic acids is 3. The summed E-state index contributed by atoms with van der Waals surface area (Å²) in [6, 6.07) is -0.657. The summed E-state index contributed by atoms with van der Waals surface area (Å²) < 4.78 is 56.7. The number of aliphatic hydroxyl groups excluding tert-OH is 1. The summed E-state index contributed by atoms with van der Waals surface area (Å²) in [7, 11) is 7.25. The first-order valence-electron chi connectivity index (χ1n) is 23.3. The minimum absolute atomic E-state index is 0.118. The van der Waals surface area contributed by atoms with Gasteiger partial charge in [-0.2, -0.15) is 0 Å². The molecule has 0 bridgehead atoms. The Hall–Kier alpha value is -2.19. The van der Waals surface area contributed by atoms with Crippen LogP contribution in [0.2, 0.25) is 0 Å². The minimum atomic E-state index is -1.58. The molecule has 366 valence electrons. The molecule has 0 spiro atoms. The van der Waals surface area contributed by atoms with Crippen molar-refractivity contribution in [3.8, 4) is 0 Å². The quantitative estimate of drug-likeness (QED) is 0.196. The second kappa shape index (κ2) is 22.1. The molecule has 0 aromatic heterocycles. The van der Waals surface area contributed by atoms with Crippen molar-refractivity contribution >= 4 is 18.1 Å². The van der Waals surface area contributed by atoms with Crippen molar-refractivity contribution in [2.45, 2.75) is 205 Å². The van der Waals surface area contributed by atoms with Gasteiger partial charge in [0, 0.05) is 44.6 Å². The number of ether oxygens (including phenoxy) is 9. The van der Waals surface area contributed by atoms with Gasteiger partial charge in [-0.3, -0.25) is 14.5 Å². The van der Waals surface area contributed by atoms with Crippen molar-refractivity contribution in [1.82, 2.24) is 14.7 Å². The van der Waals surface area contributed by atoms with Gasteiger partial charge in [0.05, 0.1) is 42.4 Å². The molecule has 0 aromatic rings. The van der Waals surface area contributed by atoms with Crippen LogP contribution < -0.4 is 0 Å². The van der Waals surface area contributed by atoms with Crippen molar-refractivity contribution in [3.63, 3.8) is 0 Å². The summed E-state index contributed by atoms with van der Waals surface area (Å²) in [4.78, 5) is 46.9. The first kappa shape index (κ1) is 53.4.